The number of nitro benzene ring substituents is 1. The summed E-state index contributed by atoms with van der Waals surface area (Å²) in [4.78, 5) is 22.8. The average molecular weight is 383 g/mol. The molecule has 6 nitrogen and oxygen atoms in total. The first kappa shape index (κ1) is 19.0. The van der Waals surface area contributed by atoms with Gasteiger partial charge < -0.3 is 10.1 Å². The Morgan fingerprint density at radius 1 is 1.20 bits per heavy atom. The fourth-order valence-corrected chi connectivity index (χ4v) is 2.78. The first-order valence-corrected chi connectivity index (χ1v) is 8.20. The highest BCUT2D eigenvalue weighted by molar-refractivity contribution is 6.35. The van der Waals surface area contributed by atoms with E-state index in [-0.39, 0.29) is 17.5 Å². The van der Waals surface area contributed by atoms with Crippen LogP contribution in [0.25, 0.3) is 0 Å². The van der Waals surface area contributed by atoms with E-state index in [1.54, 1.807) is 31.2 Å². The Morgan fingerprint density at radius 3 is 2.52 bits per heavy atom. The van der Waals surface area contributed by atoms with Crippen molar-refractivity contribution < 1.29 is 14.5 Å². The van der Waals surface area contributed by atoms with Crippen LogP contribution in [-0.4, -0.2) is 16.9 Å². The normalized spacial score (nSPS) is 13.0. The van der Waals surface area contributed by atoms with Crippen molar-refractivity contribution in [1.82, 2.24) is 5.32 Å². The second-order valence-electron chi connectivity index (χ2n) is 5.38. The highest BCUT2D eigenvalue weighted by Gasteiger charge is 2.22. The van der Waals surface area contributed by atoms with Gasteiger partial charge in [-0.1, -0.05) is 41.4 Å². The van der Waals surface area contributed by atoms with Gasteiger partial charge in [-0.25, -0.2) is 0 Å². The number of halogens is 2. The summed E-state index contributed by atoms with van der Waals surface area (Å²) < 4.78 is 5.45. The predicted octanol–water partition coefficient (Wildman–Crippen LogP) is 4.55. The van der Waals surface area contributed by atoms with E-state index in [1.165, 1.54) is 25.1 Å². The van der Waals surface area contributed by atoms with E-state index in [1.807, 2.05) is 0 Å². The number of hydrogen-bond acceptors (Lipinski definition) is 4. The molecule has 2 aromatic rings. The van der Waals surface area contributed by atoms with Crippen molar-refractivity contribution in [2.24, 2.45) is 0 Å². The number of amides is 1. The maximum atomic E-state index is 12.3. The first-order valence-electron chi connectivity index (χ1n) is 7.45. The molecule has 0 aliphatic heterocycles. The smallest absolute Gasteiger partial charge is 0.310 e. The van der Waals surface area contributed by atoms with Crippen molar-refractivity contribution in [2.75, 3.05) is 0 Å². The van der Waals surface area contributed by atoms with E-state index in [2.05, 4.69) is 5.32 Å². The number of carbonyl (C=O) groups is 1. The van der Waals surface area contributed by atoms with Crippen molar-refractivity contribution in [3.05, 3.63) is 68.2 Å². The van der Waals surface area contributed by atoms with Crippen LogP contribution >= 0.6 is 23.2 Å². The fraction of sp³-hybridized carbons (Fsp3) is 0.235. The molecule has 0 spiro atoms. The van der Waals surface area contributed by atoms with E-state index < -0.39 is 16.9 Å². The standard InChI is InChI=1S/C17H16Cl2N2O4/c1-10(13-8-7-12(18)9-14(13)19)20-17(22)11(2)25-16-6-4-3-5-15(16)21(23)24/h3-11H,1-2H3,(H,20,22)/t10-,11+/m1/s1. The molecule has 0 heterocycles. The van der Waals surface area contributed by atoms with Crippen molar-refractivity contribution in [3.63, 3.8) is 0 Å². The monoisotopic (exact) mass is 382 g/mol. The molecule has 2 atom stereocenters. The van der Waals surface area contributed by atoms with Gasteiger partial charge in [-0.3, -0.25) is 14.9 Å². The lowest BCUT2D eigenvalue weighted by Gasteiger charge is -2.19. The van der Waals surface area contributed by atoms with Gasteiger partial charge in [0.15, 0.2) is 11.9 Å². The molecular weight excluding hydrogens is 367 g/mol. The molecule has 0 aliphatic rings. The van der Waals surface area contributed by atoms with Crippen LogP contribution in [-0.2, 0) is 4.79 Å². The number of nitro groups is 1. The summed E-state index contributed by atoms with van der Waals surface area (Å²) in [5.74, 6) is -0.385. The maximum Gasteiger partial charge on any atom is 0.310 e. The van der Waals surface area contributed by atoms with Crippen molar-refractivity contribution in [1.29, 1.82) is 0 Å². The lowest BCUT2D eigenvalue weighted by molar-refractivity contribution is -0.386. The largest absolute Gasteiger partial charge is 0.474 e. The molecule has 8 heteroatoms. The summed E-state index contributed by atoms with van der Waals surface area (Å²) in [6, 6.07) is 10.5. The quantitative estimate of drug-likeness (QED) is 0.586. The predicted molar refractivity (Wildman–Crippen MR) is 96.2 cm³/mol. The minimum absolute atomic E-state index is 0.0346. The molecule has 0 fully saturated rings. The fourth-order valence-electron chi connectivity index (χ4n) is 2.21. The number of hydrogen-bond donors (Lipinski definition) is 1. The van der Waals surface area contributed by atoms with Crippen LogP contribution in [0.3, 0.4) is 0 Å². The zero-order valence-electron chi connectivity index (χ0n) is 13.5. The summed E-state index contributed by atoms with van der Waals surface area (Å²) in [5.41, 5.74) is 0.508. The number of benzene rings is 2. The third-order valence-electron chi connectivity index (χ3n) is 3.52. The van der Waals surface area contributed by atoms with Crippen molar-refractivity contribution in [2.45, 2.75) is 26.0 Å². The molecule has 132 valence electrons. The lowest BCUT2D eigenvalue weighted by Crippen LogP contribution is -2.37. The van der Waals surface area contributed by atoms with Crippen LogP contribution in [0.5, 0.6) is 5.75 Å². The Balaban J connectivity index is 2.06. The summed E-state index contributed by atoms with van der Waals surface area (Å²) in [5, 5.41) is 14.7. The maximum absolute atomic E-state index is 12.3. The van der Waals surface area contributed by atoms with Gasteiger partial charge in [0.25, 0.3) is 5.91 Å². The highest BCUT2D eigenvalue weighted by atomic mass is 35.5. The minimum Gasteiger partial charge on any atom is -0.474 e. The van der Waals surface area contributed by atoms with Gasteiger partial charge in [0, 0.05) is 16.1 Å². The molecule has 1 amide bonds. The Kier molecular flexibility index (Phi) is 6.22. The molecule has 0 unspecified atom stereocenters. The summed E-state index contributed by atoms with van der Waals surface area (Å²) in [6.07, 6.45) is -0.922. The lowest BCUT2D eigenvalue weighted by atomic mass is 10.1. The second-order valence-corrected chi connectivity index (χ2v) is 6.22. The molecule has 0 bridgehead atoms. The number of para-hydroxylation sites is 2. The SMILES string of the molecule is C[C@H](Oc1ccccc1[N+](=O)[O-])C(=O)N[C@H](C)c1ccc(Cl)cc1Cl. The van der Waals surface area contributed by atoms with E-state index in [0.29, 0.717) is 15.6 Å². The number of ether oxygens (including phenoxy) is 1. The zero-order chi connectivity index (χ0) is 18.6. The van der Waals surface area contributed by atoms with E-state index >= 15 is 0 Å². The molecule has 2 rings (SSSR count). The van der Waals surface area contributed by atoms with Gasteiger partial charge in [0.1, 0.15) is 0 Å². The number of carbonyl (C=O) groups excluding carboxylic acids is 1. The third kappa shape index (κ3) is 4.84. The zero-order valence-corrected chi connectivity index (χ0v) is 15.0. The van der Waals surface area contributed by atoms with Gasteiger partial charge in [-0.05, 0) is 37.6 Å². The van der Waals surface area contributed by atoms with Crippen LogP contribution in [0.2, 0.25) is 10.0 Å². The Bertz CT molecular complexity index is 798. The van der Waals surface area contributed by atoms with Gasteiger partial charge in [0.2, 0.25) is 0 Å². The number of nitrogens with one attached hydrogen (secondary N) is 1. The summed E-state index contributed by atoms with van der Waals surface area (Å²) in [6.45, 7) is 3.28. The van der Waals surface area contributed by atoms with Gasteiger partial charge in [-0.15, -0.1) is 0 Å². The molecule has 0 aliphatic carbocycles. The molecule has 0 saturated carbocycles. The van der Waals surface area contributed by atoms with Gasteiger partial charge >= 0.3 is 5.69 Å². The topological polar surface area (TPSA) is 81.5 Å². The Labute approximate surface area is 154 Å². The van der Waals surface area contributed by atoms with Crippen LogP contribution in [0.4, 0.5) is 5.69 Å². The van der Waals surface area contributed by atoms with Crippen LogP contribution in [0.15, 0.2) is 42.5 Å². The molecule has 1 N–H and O–H groups in total. The van der Waals surface area contributed by atoms with E-state index in [4.69, 9.17) is 27.9 Å². The molecule has 0 aromatic heterocycles. The second kappa shape index (κ2) is 8.18. The van der Waals surface area contributed by atoms with Crippen LogP contribution < -0.4 is 10.1 Å². The highest BCUT2D eigenvalue weighted by Crippen LogP contribution is 2.28. The van der Waals surface area contributed by atoms with Gasteiger partial charge in [0.05, 0.1) is 11.0 Å². The van der Waals surface area contributed by atoms with Crippen LogP contribution in [0.1, 0.15) is 25.5 Å². The third-order valence-corrected chi connectivity index (χ3v) is 4.09. The number of nitrogens with zero attached hydrogens (tertiary/aromatic N) is 1. The average Bonchev–Trinajstić information content (AvgIpc) is 2.54. The van der Waals surface area contributed by atoms with E-state index in [9.17, 15) is 14.9 Å². The molecule has 0 radical (unpaired) electrons. The van der Waals surface area contributed by atoms with Gasteiger partial charge in [-0.2, -0.15) is 0 Å². The minimum atomic E-state index is -0.922. The van der Waals surface area contributed by atoms with E-state index in [0.717, 1.165) is 0 Å². The Hall–Kier alpha value is -2.31. The van der Waals surface area contributed by atoms with Crippen LogP contribution in [0, 0.1) is 10.1 Å². The summed E-state index contributed by atoms with van der Waals surface area (Å²) >= 11 is 12.0. The molecule has 0 saturated heterocycles. The summed E-state index contributed by atoms with van der Waals surface area (Å²) in [7, 11) is 0. The molecule has 25 heavy (non-hydrogen) atoms. The molecule has 2 aromatic carbocycles. The Morgan fingerprint density at radius 2 is 1.88 bits per heavy atom. The van der Waals surface area contributed by atoms with Crippen molar-refractivity contribution in [3.8, 4) is 5.75 Å². The molecular formula is C17H16Cl2N2O4. The van der Waals surface area contributed by atoms with Crippen molar-refractivity contribution >= 4 is 34.8 Å². The first-order chi connectivity index (χ1) is 11.8. The number of rotatable bonds is 6.